The van der Waals surface area contributed by atoms with Gasteiger partial charge in [0, 0.05) is 18.1 Å². The molecule has 102 valence electrons. The number of halogens is 1. The number of aryl methyl sites for hydroxylation is 1. The molecule has 0 radical (unpaired) electrons. The Morgan fingerprint density at radius 3 is 2.60 bits per heavy atom. The molecule has 2 aromatic carbocycles. The van der Waals surface area contributed by atoms with Crippen molar-refractivity contribution in [2.45, 2.75) is 6.42 Å². The SMILES string of the molecule is Cn1c(NCCc2ccc(Br)cc2)nc2ccccc21. The molecule has 0 saturated carbocycles. The van der Waals surface area contributed by atoms with E-state index >= 15 is 0 Å². The van der Waals surface area contributed by atoms with Crippen molar-refractivity contribution in [1.82, 2.24) is 9.55 Å². The van der Waals surface area contributed by atoms with Gasteiger partial charge in [0.15, 0.2) is 0 Å². The summed E-state index contributed by atoms with van der Waals surface area (Å²) in [5, 5.41) is 3.41. The van der Waals surface area contributed by atoms with Crippen LogP contribution in [-0.2, 0) is 13.5 Å². The molecule has 1 N–H and O–H groups in total. The van der Waals surface area contributed by atoms with Crippen LogP contribution in [0, 0.1) is 0 Å². The first-order valence-electron chi connectivity index (χ1n) is 6.64. The molecule has 0 fully saturated rings. The fourth-order valence-corrected chi connectivity index (χ4v) is 2.54. The van der Waals surface area contributed by atoms with Gasteiger partial charge >= 0.3 is 0 Å². The van der Waals surface area contributed by atoms with Crippen molar-refractivity contribution >= 4 is 32.9 Å². The van der Waals surface area contributed by atoms with Crippen molar-refractivity contribution in [1.29, 1.82) is 0 Å². The molecule has 3 rings (SSSR count). The monoisotopic (exact) mass is 329 g/mol. The van der Waals surface area contributed by atoms with Crippen LogP contribution in [0.4, 0.5) is 5.95 Å². The summed E-state index contributed by atoms with van der Waals surface area (Å²) in [5.41, 5.74) is 3.50. The molecule has 0 saturated heterocycles. The Morgan fingerprint density at radius 2 is 1.85 bits per heavy atom. The molecule has 0 spiro atoms. The summed E-state index contributed by atoms with van der Waals surface area (Å²) in [6.45, 7) is 0.874. The molecule has 3 nitrogen and oxygen atoms in total. The van der Waals surface area contributed by atoms with E-state index in [1.807, 2.05) is 25.2 Å². The average molecular weight is 330 g/mol. The van der Waals surface area contributed by atoms with Crippen LogP contribution in [0.15, 0.2) is 53.0 Å². The van der Waals surface area contributed by atoms with Crippen molar-refractivity contribution in [2.75, 3.05) is 11.9 Å². The highest BCUT2D eigenvalue weighted by molar-refractivity contribution is 9.10. The lowest BCUT2D eigenvalue weighted by molar-refractivity contribution is 0.912. The predicted molar refractivity (Wildman–Crippen MR) is 87.0 cm³/mol. The van der Waals surface area contributed by atoms with Gasteiger partial charge in [0.2, 0.25) is 5.95 Å². The number of aromatic nitrogens is 2. The maximum Gasteiger partial charge on any atom is 0.203 e. The number of anilines is 1. The standard InChI is InChI=1S/C16H16BrN3/c1-20-15-5-3-2-4-14(15)19-16(20)18-11-10-12-6-8-13(17)9-7-12/h2-9H,10-11H2,1H3,(H,18,19). The van der Waals surface area contributed by atoms with E-state index in [0.29, 0.717) is 0 Å². The summed E-state index contributed by atoms with van der Waals surface area (Å²) in [6, 6.07) is 16.6. The fourth-order valence-electron chi connectivity index (χ4n) is 2.27. The molecule has 3 aromatic rings. The van der Waals surface area contributed by atoms with Gasteiger partial charge in [-0.3, -0.25) is 0 Å². The molecular formula is C16H16BrN3. The first-order chi connectivity index (χ1) is 9.74. The predicted octanol–water partition coefficient (Wildman–Crippen LogP) is 3.99. The van der Waals surface area contributed by atoms with Gasteiger partial charge in [-0.2, -0.15) is 0 Å². The second kappa shape index (κ2) is 5.67. The van der Waals surface area contributed by atoms with Crippen LogP contribution in [0.2, 0.25) is 0 Å². The second-order valence-electron chi connectivity index (χ2n) is 4.79. The van der Waals surface area contributed by atoms with Crippen LogP contribution >= 0.6 is 15.9 Å². The van der Waals surface area contributed by atoms with Gasteiger partial charge in [-0.05, 0) is 36.2 Å². The minimum absolute atomic E-state index is 0.874. The van der Waals surface area contributed by atoms with E-state index in [9.17, 15) is 0 Å². The number of hydrogen-bond acceptors (Lipinski definition) is 2. The number of hydrogen-bond donors (Lipinski definition) is 1. The zero-order chi connectivity index (χ0) is 13.9. The van der Waals surface area contributed by atoms with E-state index < -0.39 is 0 Å². The number of imidazole rings is 1. The number of nitrogens with one attached hydrogen (secondary N) is 1. The highest BCUT2D eigenvalue weighted by Gasteiger charge is 2.05. The zero-order valence-corrected chi connectivity index (χ0v) is 12.9. The van der Waals surface area contributed by atoms with Gasteiger partial charge in [0.05, 0.1) is 11.0 Å². The van der Waals surface area contributed by atoms with Gasteiger partial charge in [-0.1, -0.05) is 40.2 Å². The van der Waals surface area contributed by atoms with E-state index in [2.05, 4.69) is 61.1 Å². The molecule has 20 heavy (non-hydrogen) atoms. The molecule has 0 amide bonds. The van der Waals surface area contributed by atoms with Crippen molar-refractivity contribution in [3.8, 4) is 0 Å². The second-order valence-corrected chi connectivity index (χ2v) is 5.70. The van der Waals surface area contributed by atoms with E-state index in [-0.39, 0.29) is 0 Å². The van der Waals surface area contributed by atoms with E-state index in [1.54, 1.807) is 0 Å². The fraction of sp³-hybridized carbons (Fsp3) is 0.188. The Bertz CT molecular complexity index is 716. The molecule has 0 aliphatic carbocycles. The largest absolute Gasteiger partial charge is 0.355 e. The summed E-state index contributed by atoms with van der Waals surface area (Å²) in [7, 11) is 2.04. The lowest BCUT2D eigenvalue weighted by atomic mass is 10.1. The molecular weight excluding hydrogens is 314 g/mol. The molecule has 4 heteroatoms. The summed E-state index contributed by atoms with van der Waals surface area (Å²) < 4.78 is 3.21. The Morgan fingerprint density at radius 1 is 1.10 bits per heavy atom. The Balaban J connectivity index is 1.68. The third-order valence-electron chi connectivity index (χ3n) is 3.40. The van der Waals surface area contributed by atoms with Crippen molar-refractivity contribution < 1.29 is 0 Å². The Labute approximate surface area is 126 Å². The van der Waals surface area contributed by atoms with Crippen molar-refractivity contribution in [3.05, 3.63) is 58.6 Å². The minimum Gasteiger partial charge on any atom is -0.355 e. The van der Waals surface area contributed by atoms with Gasteiger partial charge < -0.3 is 9.88 Å². The highest BCUT2D eigenvalue weighted by atomic mass is 79.9. The van der Waals surface area contributed by atoms with E-state index in [4.69, 9.17) is 0 Å². The molecule has 1 aromatic heterocycles. The number of benzene rings is 2. The summed E-state index contributed by atoms with van der Waals surface area (Å²) in [6.07, 6.45) is 0.983. The smallest absolute Gasteiger partial charge is 0.203 e. The molecule has 0 unspecified atom stereocenters. The Hall–Kier alpha value is -1.81. The van der Waals surface area contributed by atoms with Crippen LogP contribution in [0.1, 0.15) is 5.56 Å². The zero-order valence-electron chi connectivity index (χ0n) is 11.3. The molecule has 0 atom stereocenters. The van der Waals surface area contributed by atoms with Crippen molar-refractivity contribution in [2.24, 2.45) is 7.05 Å². The maximum atomic E-state index is 4.60. The highest BCUT2D eigenvalue weighted by Crippen LogP contribution is 2.17. The first kappa shape index (κ1) is 13.2. The summed E-state index contributed by atoms with van der Waals surface area (Å²) >= 11 is 3.45. The van der Waals surface area contributed by atoms with E-state index in [0.717, 1.165) is 34.4 Å². The quantitative estimate of drug-likeness (QED) is 0.784. The molecule has 0 aliphatic rings. The minimum atomic E-state index is 0.874. The third-order valence-corrected chi connectivity index (χ3v) is 3.93. The van der Waals surface area contributed by atoms with Gasteiger partial charge in [-0.25, -0.2) is 4.98 Å². The van der Waals surface area contributed by atoms with Crippen LogP contribution in [0.5, 0.6) is 0 Å². The lowest BCUT2D eigenvalue weighted by Crippen LogP contribution is -2.08. The van der Waals surface area contributed by atoms with Crippen LogP contribution < -0.4 is 5.32 Å². The summed E-state index contributed by atoms with van der Waals surface area (Å²) in [5.74, 6) is 0.920. The maximum absolute atomic E-state index is 4.60. The van der Waals surface area contributed by atoms with Gasteiger partial charge in [0.1, 0.15) is 0 Å². The molecule has 1 heterocycles. The number of nitrogens with zero attached hydrogens (tertiary/aromatic N) is 2. The molecule has 0 aliphatic heterocycles. The molecule has 0 bridgehead atoms. The van der Waals surface area contributed by atoms with E-state index in [1.165, 1.54) is 5.56 Å². The number of fused-ring (bicyclic) bond motifs is 1. The summed E-state index contributed by atoms with van der Waals surface area (Å²) in [4.78, 5) is 4.60. The normalized spacial score (nSPS) is 10.9. The number of para-hydroxylation sites is 2. The van der Waals surface area contributed by atoms with Crippen molar-refractivity contribution in [3.63, 3.8) is 0 Å². The van der Waals surface area contributed by atoms with Crippen LogP contribution in [0.25, 0.3) is 11.0 Å². The first-order valence-corrected chi connectivity index (χ1v) is 7.43. The number of rotatable bonds is 4. The Kier molecular flexibility index (Phi) is 3.74. The topological polar surface area (TPSA) is 29.9 Å². The van der Waals surface area contributed by atoms with Gasteiger partial charge in [0.25, 0.3) is 0 Å². The van der Waals surface area contributed by atoms with Gasteiger partial charge in [-0.15, -0.1) is 0 Å². The van der Waals surface area contributed by atoms with Crippen LogP contribution in [-0.4, -0.2) is 16.1 Å². The third kappa shape index (κ3) is 2.70. The lowest BCUT2D eigenvalue weighted by Gasteiger charge is -2.06. The van der Waals surface area contributed by atoms with Crippen LogP contribution in [0.3, 0.4) is 0 Å². The average Bonchev–Trinajstić information content (AvgIpc) is 2.78.